The lowest BCUT2D eigenvalue weighted by Crippen LogP contribution is -2.28. The fourth-order valence-electron chi connectivity index (χ4n) is 4.26. The minimum Gasteiger partial charge on any atom is -0.377 e. The Balaban J connectivity index is 1.09. The van der Waals surface area contributed by atoms with E-state index in [9.17, 15) is 0 Å². The van der Waals surface area contributed by atoms with Crippen LogP contribution in [0.2, 0.25) is 0 Å². The van der Waals surface area contributed by atoms with Crippen molar-refractivity contribution in [1.29, 1.82) is 0 Å². The molecule has 0 radical (unpaired) electrons. The van der Waals surface area contributed by atoms with Crippen molar-refractivity contribution in [2.75, 3.05) is 76.5 Å². The van der Waals surface area contributed by atoms with E-state index < -0.39 is 0 Å². The molecule has 0 amide bonds. The first-order valence-corrected chi connectivity index (χ1v) is 16.2. The predicted molar refractivity (Wildman–Crippen MR) is 176 cm³/mol. The summed E-state index contributed by atoms with van der Waals surface area (Å²) in [6.07, 6.45) is 4.02. The minimum atomic E-state index is 0.0193. The molecule has 0 fully saturated rings. The van der Waals surface area contributed by atoms with Gasteiger partial charge in [0.05, 0.1) is 37.8 Å². The van der Waals surface area contributed by atoms with Crippen molar-refractivity contribution in [2.24, 2.45) is 20.5 Å². The molecule has 2 atom stereocenters. The summed E-state index contributed by atoms with van der Waals surface area (Å²) in [5.74, 6) is 0. The summed E-state index contributed by atoms with van der Waals surface area (Å²) < 4.78 is 11.7. The zero-order valence-electron chi connectivity index (χ0n) is 25.0. The summed E-state index contributed by atoms with van der Waals surface area (Å²) in [6, 6.07) is 16.4. The molecule has 2 aromatic rings. The van der Waals surface area contributed by atoms with E-state index in [0.717, 1.165) is 48.9 Å². The number of nitrogens with zero attached hydrogens (tertiary/aromatic N) is 8. The van der Waals surface area contributed by atoms with Gasteiger partial charge < -0.3 is 29.1 Å². The fraction of sp³-hybridized carbons (Fsp3) is 0.467. The summed E-state index contributed by atoms with van der Waals surface area (Å²) in [5, 5.41) is 21.6. The van der Waals surface area contributed by atoms with Gasteiger partial charge in [-0.1, -0.05) is 23.5 Å². The number of ether oxygens (including phenoxy) is 2. The first kappa shape index (κ1) is 31.9. The summed E-state index contributed by atoms with van der Waals surface area (Å²) in [7, 11) is 4.00. The topological polar surface area (TPSA) is 80.9 Å². The Bertz CT molecular complexity index is 1100. The van der Waals surface area contributed by atoms with Crippen molar-refractivity contribution >= 4 is 46.3 Å². The number of rotatable bonds is 17. The number of azo groups is 2. The minimum absolute atomic E-state index is 0.0193. The average Bonchev–Trinajstić information content (AvgIpc) is 3.63. The van der Waals surface area contributed by atoms with Gasteiger partial charge in [-0.15, -0.1) is 0 Å². The number of benzene rings is 2. The highest BCUT2D eigenvalue weighted by Crippen LogP contribution is 2.28. The molecular weight excluding hydrogens is 569 g/mol. The van der Waals surface area contributed by atoms with E-state index in [1.165, 1.54) is 0 Å². The zero-order chi connectivity index (χ0) is 29.6. The van der Waals surface area contributed by atoms with Crippen molar-refractivity contribution in [3.05, 3.63) is 71.7 Å². The summed E-state index contributed by atoms with van der Waals surface area (Å²) >= 11 is 3.30. The number of thioether (sulfide) groups is 2. The quantitative estimate of drug-likeness (QED) is 0.139. The van der Waals surface area contributed by atoms with E-state index >= 15 is 0 Å². The van der Waals surface area contributed by atoms with Crippen molar-refractivity contribution in [1.82, 2.24) is 9.80 Å². The molecule has 0 aliphatic carbocycles. The van der Waals surface area contributed by atoms with Crippen LogP contribution in [-0.2, 0) is 9.47 Å². The van der Waals surface area contributed by atoms with Gasteiger partial charge in [-0.05, 0) is 73.2 Å². The molecule has 0 N–H and O–H groups in total. The molecule has 2 heterocycles. The summed E-state index contributed by atoms with van der Waals surface area (Å²) in [6.45, 7) is 10.2. The summed E-state index contributed by atoms with van der Waals surface area (Å²) in [4.78, 5) is 8.66. The maximum Gasteiger partial charge on any atom is 0.193 e. The van der Waals surface area contributed by atoms with Gasteiger partial charge in [0.2, 0.25) is 0 Å². The lowest BCUT2D eigenvalue weighted by Gasteiger charge is -2.23. The highest BCUT2D eigenvalue weighted by Gasteiger charge is 2.15. The van der Waals surface area contributed by atoms with Crippen LogP contribution in [0.5, 0.6) is 0 Å². The first-order chi connectivity index (χ1) is 20.6. The van der Waals surface area contributed by atoms with Crippen LogP contribution in [0.15, 0.2) is 92.2 Å². The molecule has 0 bridgehead atoms. The Labute approximate surface area is 258 Å². The third-order valence-electron chi connectivity index (χ3n) is 6.81. The number of likely N-dealkylation sites (N-methyl/N-ethyl adjacent to an activating group) is 2. The van der Waals surface area contributed by atoms with Crippen LogP contribution in [0.3, 0.4) is 0 Å². The van der Waals surface area contributed by atoms with Gasteiger partial charge in [0.25, 0.3) is 0 Å². The highest BCUT2D eigenvalue weighted by molar-refractivity contribution is 8.03. The summed E-state index contributed by atoms with van der Waals surface area (Å²) in [5.41, 5.74) is 4.05. The van der Waals surface area contributed by atoms with Crippen LogP contribution < -0.4 is 9.80 Å². The Morgan fingerprint density at radius 3 is 1.38 bits per heavy atom. The molecule has 4 rings (SSSR count). The molecule has 10 nitrogen and oxygen atoms in total. The fourth-order valence-corrected chi connectivity index (χ4v) is 5.80. The number of hydrogen-bond donors (Lipinski definition) is 0. The Morgan fingerprint density at radius 1 is 0.643 bits per heavy atom. The van der Waals surface area contributed by atoms with Gasteiger partial charge in [-0.25, -0.2) is 0 Å². The van der Waals surface area contributed by atoms with E-state index in [1.54, 1.807) is 23.5 Å². The normalized spacial score (nSPS) is 18.3. The molecule has 0 saturated heterocycles. The molecule has 226 valence electrons. The maximum absolute atomic E-state index is 5.86. The third-order valence-corrected chi connectivity index (χ3v) is 8.71. The van der Waals surface area contributed by atoms with Crippen LogP contribution in [0.1, 0.15) is 13.8 Å². The van der Waals surface area contributed by atoms with E-state index in [1.807, 2.05) is 71.4 Å². The zero-order valence-corrected chi connectivity index (χ0v) is 26.6. The third kappa shape index (κ3) is 9.75. The van der Waals surface area contributed by atoms with Gasteiger partial charge in [-0.3, -0.25) is 0 Å². The molecular formula is C30H42N8O2S2. The predicted octanol–water partition coefficient (Wildman–Crippen LogP) is 7.11. The molecule has 42 heavy (non-hydrogen) atoms. The SMILES string of the molecule is CCN(CCOCCOCCN(CC)c1ccc(N=NC2SC=CN2C)cc1)c1ccc(N=NC2SC=CN2C)cc1. The monoisotopic (exact) mass is 610 g/mol. The van der Waals surface area contributed by atoms with Gasteiger partial charge in [0.15, 0.2) is 11.0 Å². The second kappa shape index (κ2) is 17.2. The smallest absolute Gasteiger partial charge is 0.193 e. The number of anilines is 2. The first-order valence-electron chi connectivity index (χ1n) is 14.3. The average molecular weight is 611 g/mol. The van der Waals surface area contributed by atoms with Crippen LogP contribution >= 0.6 is 23.5 Å². The maximum atomic E-state index is 5.86. The van der Waals surface area contributed by atoms with E-state index in [0.29, 0.717) is 26.4 Å². The van der Waals surface area contributed by atoms with E-state index in [2.05, 4.69) is 68.4 Å². The van der Waals surface area contributed by atoms with Crippen molar-refractivity contribution in [3.63, 3.8) is 0 Å². The van der Waals surface area contributed by atoms with Crippen molar-refractivity contribution < 1.29 is 9.47 Å². The van der Waals surface area contributed by atoms with Gasteiger partial charge >= 0.3 is 0 Å². The standard InChI is InChI=1S/C30H42N8O2S2/c1-5-37(27-11-7-25(8-12-27)31-33-29-35(3)17-23-41-29)15-19-39-21-22-40-20-16-38(6-2)28-13-9-26(10-14-28)32-34-30-36(4)18-24-42-30/h7-14,17-18,23-24,29-30H,5-6,15-16,19-22H2,1-4H3. The van der Waals surface area contributed by atoms with E-state index in [4.69, 9.17) is 9.47 Å². The molecule has 2 aliphatic rings. The van der Waals surface area contributed by atoms with Crippen LogP contribution in [0.25, 0.3) is 0 Å². The van der Waals surface area contributed by atoms with Gasteiger partial charge in [0.1, 0.15) is 0 Å². The second-order valence-corrected chi connectivity index (χ2v) is 11.6. The number of hydrogen-bond acceptors (Lipinski definition) is 12. The second-order valence-electron chi connectivity index (χ2n) is 9.67. The molecule has 0 spiro atoms. The van der Waals surface area contributed by atoms with Gasteiger partial charge in [-0.2, -0.15) is 20.5 Å². The Morgan fingerprint density at radius 2 is 1.05 bits per heavy atom. The molecule has 0 saturated carbocycles. The van der Waals surface area contributed by atoms with Gasteiger partial charge in [0, 0.05) is 64.0 Å². The molecule has 2 aliphatic heterocycles. The molecule has 2 aromatic carbocycles. The molecule has 2 unspecified atom stereocenters. The lowest BCUT2D eigenvalue weighted by molar-refractivity contribution is 0.0530. The van der Waals surface area contributed by atoms with Crippen molar-refractivity contribution in [2.45, 2.75) is 24.8 Å². The molecule has 12 heteroatoms. The molecule has 0 aromatic heterocycles. The van der Waals surface area contributed by atoms with Crippen LogP contribution in [0.4, 0.5) is 22.7 Å². The van der Waals surface area contributed by atoms with Crippen LogP contribution in [0, 0.1) is 0 Å². The Hall–Kier alpha value is -3.06. The highest BCUT2D eigenvalue weighted by atomic mass is 32.2. The van der Waals surface area contributed by atoms with Crippen LogP contribution in [-0.4, -0.2) is 87.5 Å². The Kier molecular flexibility index (Phi) is 13.0. The van der Waals surface area contributed by atoms with Crippen molar-refractivity contribution in [3.8, 4) is 0 Å². The lowest BCUT2D eigenvalue weighted by atomic mass is 10.2. The largest absolute Gasteiger partial charge is 0.377 e. The van der Waals surface area contributed by atoms with E-state index in [-0.39, 0.29) is 11.0 Å².